The summed E-state index contributed by atoms with van der Waals surface area (Å²) in [6, 6.07) is 7.17. The van der Waals surface area contributed by atoms with E-state index < -0.39 is 35.6 Å². The summed E-state index contributed by atoms with van der Waals surface area (Å²) in [6.07, 6.45) is -6.57. The first-order chi connectivity index (χ1) is 20.1. The first kappa shape index (κ1) is 33.6. The number of aryl methyl sites for hydroxylation is 1. The molecule has 8 nitrogen and oxygen atoms in total. The van der Waals surface area contributed by atoms with Crippen LogP contribution in [0.3, 0.4) is 0 Å². The fourth-order valence-electron chi connectivity index (χ4n) is 4.04. The van der Waals surface area contributed by atoms with Crippen molar-refractivity contribution in [1.82, 2.24) is 20.2 Å². The molecule has 0 radical (unpaired) electrons. The molecule has 0 spiro atoms. The molecule has 43 heavy (non-hydrogen) atoms. The van der Waals surface area contributed by atoms with Gasteiger partial charge in [-0.05, 0) is 55.0 Å². The fourth-order valence-corrected chi connectivity index (χ4v) is 4.40. The number of aliphatic hydroxyl groups is 1. The van der Waals surface area contributed by atoms with Crippen LogP contribution in [-0.4, -0.2) is 51.0 Å². The molecule has 0 aliphatic rings. The van der Waals surface area contributed by atoms with Crippen LogP contribution in [0.2, 0.25) is 0 Å². The van der Waals surface area contributed by atoms with E-state index in [1.165, 1.54) is 30.1 Å². The van der Waals surface area contributed by atoms with E-state index in [0.29, 0.717) is 30.5 Å². The zero-order chi connectivity index (χ0) is 32.0. The molecule has 0 saturated carbocycles. The van der Waals surface area contributed by atoms with Gasteiger partial charge in [0.05, 0.1) is 23.3 Å². The van der Waals surface area contributed by atoms with Crippen molar-refractivity contribution in [3.05, 3.63) is 77.2 Å². The van der Waals surface area contributed by atoms with Gasteiger partial charge in [-0.1, -0.05) is 25.5 Å². The van der Waals surface area contributed by atoms with Crippen molar-refractivity contribution in [1.29, 1.82) is 0 Å². The van der Waals surface area contributed by atoms with Gasteiger partial charge in [0.15, 0.2) is 0 Å². The maximum atomic E-state index is 13.4. The van der Waals surface area contributed by atoms with Crippen molar-refractivity contribution >= 4 is 24.2 Å². The summed E-state index contributed by atoms with van der Waals surface area (Å²) in [5.41, 5.74) is -5.56. The van der Waals surface area contributed by atoms with E-state index in [1.54, 1.807) is 32.2 Å². The normalized spacial score (nSPS) is 12.9. The zero-order valence-electron chi connectivity index (χ0n) is 23.2. The number of thioether (sulfide) groups is 1. The Morgan fingerprint density at radius 1 is 1.09 bits per heavy atom. The van der Waals surface area contributed by atoms with E-state index in [0.717, 1.165) is 16.0 Å². The summed E-state index contributed by atoms with van der Waals surface area (Å²) in [5, 5.41) is 13.3. The van der Waals surface area contributed by atoms with E-state index in [2.05, 4.69) is 15.3 Å². The van der Waals surface area contributed by atoms with Crippen LogP contribution in [0.4, 0.5) is 31.1 Å². The molecule has 1 atom stereocenters. The number of amides is 3. The molecule has 2 heterocycles. The molecular formula is C28H28F6N4O4S. The van der Waals surface area contributed by atoms with Gasteiger partial charge in [-0.25, -0.2) is 9.78 Å². The molecule has 3 aromatic rings. The van der Waals surface area contributed by atoms with Crippen LogP contribution in [0, 0.1) is 0 Å². The number of urea groups is 1. The highest BCUT2D eigenvalue weighted by molar-refractivity contribution is 7.98. The lowest BCUT2D eigenvalue weighted by atomic mass is 9.90. The van der Waals surface area contributed by atoms with Gasteiger partial charge in [0.25, 0.3) is 5.60 Å². The van der Waals surface area contributed by atoms with Crippen LogP contribution in [0.5, 0.6) is 11.5 Å². The molecule has 2 aromatic heterocycles. The van der Waals surface area contributed by atoms with Gasteiger partial charge >= 0.3 is 18.4 Å². The lowest BCUT2D eigenvalue weighted by Crippen LogP contribution is -2.53. The molecule has 1 aromatic carbocycles. The number of hydrogen-bond donors (Lipinski definition) is 2. The number of pyridine rings is 2. The number of ether oxygens (including phenoxy) is 1. The minimum Gasteiger partial charge on any atom is -0.457 e. The van der Waals surface area contributed by atoms with E-state index in [-0.39, 0.29) is 35.7 Å². The first-order valence-electron chi connectivity index (χ1n) is 12.8. The summed E-state index contributed by atoms with van der Waals surface area (Å²) < 4.78 is 86.2. The van der Waals surface area contributed by atoms with Crippen molar-refractivity contribution in [3.8, 4) is 11.5 Å². The third-order valence-electron chi connectivity index (χ3n) is 6.36. The van der Waals surface area contributed by atoms with Crippen molar-refractivity contribution in [2.45, 2.75) is 62.3 Å². The predicted octanol–water partition coefficient (Wildman–Crippen LogP) is 6.68. The molecule has 2 N–H and O–H groups in total. The number of benzene rings is 1. The lowest BCUT2D eigenvalue weighted by molar-refractivity contribution is -0.376. The van der Waals surface area contributed by atoms with Crippen LogP contribution in [0.25, 0.3) is 0 Å². The van der Waals surface area contributed by atoms with Crippen molar-refractivity contribution in [2.75, 3.05) is 6.26 Å². The van der Waals surface area contributed by atoms with Crippen molar-refractivity contribution < 1.29 is 45.8 Å². The molecule has 3 rings (SSSR count). The topological polar surface area (TPSA) is 105 Å². The highest BCUT2D eigenvalue weighted by Gasteiger charge is 2.71. The molecule has 232 valence electrons. The Morgan fingerprint density at radius 2 is 1.79 bits per heavy atom. The van der Waals surface area contributed by atoms with Crippen LogP contribution in [0.1, 0.15) is 48.7 Å². The van der Waals surface area contributed by atoms with Gasteiger partial charge in [0.2, 0.25) is 6.41 Å². The van der Waals surface area contributed by atoms with E-state index >= 15 is 0 Å². The fraction of sp³-hybridized carbons (Fsp3) is 0.357. The van der Waals surface area contributed by atoms with Crippen LogP contribution in [0.15, 0.2) is 59.9 Å². The Kier molecular flexibility index (Phi) is 10.7. The van der Waals surface area contributed by atoms with E-state index in [9.17, 15) is 41.0 Å². The van der Waals surface area contributed by atoms with E-state index in [1.807, 2.05) is 6.26 Å². The average molecular weight is 631 g/mol. The minimum absolute atomic E-state index is 0.00627. The summed E-state index contributed by atoms with van der Waals surface area (Å²) in [7, 11) is 0. The number of carbonyl (C=O) groups is 2. The second kappa shape index (κ2) is 13.6. The Bertz CT molecular complexity index is 1410. The summed E-state index contributed by atoms with van der Waals surface area (Å²) in [6.45, 7) is 3.11. The van der Waals surface area contributed by atoms with Gasteiger partial charge in [0, 0.05) is 24.0 Å². The number of nitrogens with one attached hydrogen (secondary N) is 1. The van der Waals surface area contributed by atoms with Crippen molar-refractivity contribution in [3.63, 3.8) is 0 Å². The van der Waals surface area contributed by atoms with Crippen LogP contribution in [-0.2, 0) is 23.4 Å². The predicted molar refractivity (Wildman–Crippen MR) is 145 cm³/mol. The summed E-state index contributed by atoms with van der Waals surface area (Å²) in [5.74, 6) is 0.0472. The molecule has 0 aliphatic carbocycles. The SMILES string of the molecule is CCCc1cc(C(O)(C(F)(F)F)C(F)(F)F)ccc1Oc1ccnc(CN(C=O)C(=O)NC(C)c2ccc(SC)nc2)c1. The summed E-state index contributed by atoms with van der Waals surface area (Å²) >= 11 is 1.46. The smallest absolute Gasteiger partial charge is 0.430 e. The van der Waals surface area contributed by atoms with Gasteiger partial charge in [-0.3, -0.25) is 14.7 Å². The number of alkyl halides is 6. The number of nitrogens with zero attached hydrogens (tertiary/aromatic N) is 3. The van der Waals surface area contributed by atoms with Gasteiger partial charge in [-0.15, -0.1) is 11.8 Å². The lowest BCUT2D eigenvalue weighted by Gasteiger charge is -2.33. The van der Waals surface area contributed by atoms with Gasteiger partial charge < -0.3 is 15.2 Å². The van der Waals surface area contributed by atoms with E-state index in [4.69, 9.17) is 4.74 Å². The quantitative estimate of drug-likeness (QED) is 0.138. The second-order valence-corrected chi connectivity index (χ2v) is 10.2. The molecule has 0 aliphatic heterocycles. The first-order valence-corrected chi connectivity index (χ1v) is 14.0. The highest BCUT2D eigenvalue weighted by atomic mass is 32.2. The molecule has 15 heteroatoms. The maximum absolute atomic E-state index is 13.4. The highest BCUT2D eigenvalue weighted by Crippen LogP contribution is 2.50. The van der Waals surface area contributed by atoms with Crippen LogP contribution < -0.4 is 10.1 Å². The number of hydrogen-bond acceptors (Lipinski definition) is 7. The maximum Gasteiger partial charge on any atom is 0.430 e. The third kappa shape index (κ3) is 7.76. The van der Waals surface area contributed by atoms with Crippen LogP contribution >= 0.6 is 11.8 Å². The number of halogens is 6. The second-order valence-electron chi connectivity index (χ2n) is 9.40. The Hall–Kier alpha value is -3.85. The number of imide groups is 1. The number of aromatic nitrogens is 2. The third-order valence-corrected chi connectivity index (χ3v) is 7.02. The summed E-state index contributed by atoms with van der Waals surface area (Å²) in [4.78, 5) is 33.7. The Balaban J connectivity index is 1.80. The number of carbonyl (C=O) groups excluding carboxylic acids is 2. The Labute approximate surface area is 247 Å². The Morgan fingerprint density at radius 3 is 2.35 bits per heavy atom. The van der Waals surface area contributed by atoms with Gasteiger partial charge in [0.1, 0.15) is 11.5 Å². The molecule has 0 bridgehead atoms. The molecular weight excluding hydrogens is 602 g/mol. The number of rotatable bonds is 11. The molecule has 3 amide bonds. The minimum atomic E-state index is -6.03. The van der Waals surface area contributed by atoms with Crippen molar-refractivity contribution in [2.24, 2.45) is 0 Å². The molecule has 0 saturated heterocycles. The largest absolute Gasteiger partial charge is 0.457 e. The van der Waals surface area contributed by atoms with Gasteiger partial charge in [-0.2, -0.15) is 26.3 Å². The monoisotopic (exact) mass is 630 g/mol. The standard InChI is InChI=1S/C28H28F6N4O4S/c1-4-5-18-12-20(26(41,27(29,30)31)28(32,33)34)7-8-23(18)42-22-10-11-35-21(13-22)15-38(16-39)25(40)37-17(2)19-6-9-24(43-3)36-14-19/h6-14,16-17,41H,4-5,15H2,1-3H3,(H,37,40). The molecule has 1 unspecified atom stereocenters. The average Bonchev–Trinajstić information content (AvgIpc) is 2.95. The molecule has 0 fully saturated rings. The zero-order valence-corrected chi connectivity index (χ0v) is 24.0.